The third-order valence-corrected chi connectivity index (χ3v) is 4.76. The maximum atomic E-state index is 8.75. The van der Waals surface area contributed by atoms with Gasteiger partial charge in [-0.1, -0.05) is 25.7 Å². The van der Waals surface area contributed by atoms with Gasteiger partial charge in [0.05, 0.1) is 6.20 Å². The lowest BCUT2D eigenvalue weighted by molar-refractivity contribution is 0.197. The van der Waals surface area contributed by atoms with Crippen molar-refractivity contribution in [2.75, 3.05) is 26.8 Å². The van der Waals surface area contributed by atoms with E-state index in [1.807, 2.05) is 12.4 Å². The van der Waals surface area contributed by atoms with Crippen LogP contribution in [0.15, 0.2) is 18.5 Å². The van der Waals surface area contributed by atoms with E-state index in [1.165, 1.54) is 50.6 Å². The summed E-state index contributed by atoms with van der Waals surface area (Å²) in [5.74, 6) is 0.908. The SMILES string of the molecule is CN1CCCC1COc1cncc(CCCCCCCCO)c1. The number of rotatable bonds is 11. The van der Waals surface area contributed by atoms with Crippen LogP contribution in [0.4, 0.5) is 0 Å². The molecule has 2 heterocycles. The molecule has 0 aliphatic carbocycles. The number of aliphatic hydroxyl groups is 1. The van der Waals surface area contributed by atoms with E-state index in [0.717, 1.165) is 31.6 Å². The van der Waals surface area contributed by atoms with E-state index >= 15 is 0 Å². The molecule has 1 aromatic rings. The molecule has 1 N–H and O–H groups in total. The molecule has 0 aromatic carbocycles. The van der Waals surface area contributed by atoms with Crippen LogP contribution in [0.3, 0.4) is 0 Å². The molecule has 4 heteroatoms. The highest BCUT2D eigenvalue weighted by Crippen LogP contribution is 2.18. The second-order valence-corrected chi connectivity index (χ2v) is 6.71. The average molecular weight is 320 g/mol. The lowest BCUT2D eigenvalue weighted by Crippen LogP contribution is -2.30. The van der Waals surface area contributed by atoms with Gasteiger partial charge < -0.3 is 14.7 Å². The van der Waals surface area contributed by atoms with Crippen LogP contribution in [0.25, 0.3) is 0 Å². The molecule has 0 amide bonds. The van der Waals surface area contributed by atoms with Gasteiger partial charge in [-0.3, -0.25) is 4.98 Å². The number of nitrogens with zero attached hydrogens (tertiary/aromatic N) is 2. The van der Waals surface area contributed by atoms with Gasteiger partial charge in [0.15, 0.2) is 0 Å². The van der Waals surface area contributed by atoms with Crippen LogP contribution in [0.5, 0.6) is 5.75 Å². The number of likely N-dealkylation sites (N-methyl/N-ethyl adjacent to an activating group) is 1. The van der Waals surface area contributed by atoms with Crippen LogP contribution in [-0.4, -0.2) is 47.8 Å². The number of ether oxygens (including phenoxy) is 1. The molecular formula is C19H32N2O2. The Morgan fingerprint density at radius 1 is 1.17 bits per heavy atom. The minimum Gasteiger partial charge on any atom is -0.490 e. The molecular weight excluding hydrogens is 288 g/mol. The van der Waals surface area contributed by atoms with E-state index in [-0.39, 0.29) is 0 Å². The van der Waals surface area contributed by atoms with Crippen molar-refractivity contribution in [1.82, 2.24) is 9.88 Å². The largest absolute Gasteiger partial charge is 0.490 e. The van der Waals surface area contributed by atoms with Crippen molar-refractivity contribution in [2.24, 2.45) is 0 Å². The number of likely N-dealkylation sites (tertiary alicyclic amines) is 1. The van der Waals surface area contributed by atoms with Gasteiger partial charge >= 0.3 is 0 Å². The average Bonchev–Trinajstić information content (AvgIpc) is 2.98. The number of hydrogen-bond acceptors (Lipinski definition) is 4. The lowest BCUT2D eigenvalue weighted by atomic mass is 10.1. The minimum absolute atomic E-state index is 0.328. The number of aromatic nitrogens is 1. The van der Waals surface area contributed by atoms with Crippen molar-refractivity contribution < 1.29 is 9.84 Å². The number of aliphatic hydroxyl groups excluding tert-OH is 1. The third kappa shape index (κ3) is 6.88. The van der Waals surface area contributed by atoms with E-state index < -0.39 is 0 Å². The molecule has 1 aliphatic heterocycles. The highest BCUT2D eigenvalue weighted by atomic mass is 16.5. The lowest BCUT2D eigenvalue weighted by Gasteiger charge is -2.19. The molecule has 1 saturated heterocycles. The topological polar surface area (TPSA) is 45.6 Å². The van der Waals surface area contributed by atoms with E-state index in [9.17, 15) is 0 Å². The highest BCUT2D eigenvalue weighted by molar-refractivity contribution is 5.23. The Balaban J connectivity index is 1.64. The standard InChI is InChI=1S/C19H32N2O2/c1-21-11-8-10-18(21)16-23-19-13-17(14-20-15-19)9-6-4-2-3-5-7-12-22/h13-15,18,22H,2-12,16H2,1H3. The third-order valence-electron chi connectivity index (χ3n) is 4.76. The first-order valence-corrected chi connectivity index (χ1v) is 9.17. The van der Waals surface area contributed by atoms with Crippen LogP contribution < -0.4 is 4.74 Å². The van der Waals surface area contributed by atoms with E-state index in [4.69, 9.17) is 9.84 Å². The van der Waals surface area contributed by atoms with Crippen molar-refractivity contribution in [3.8, 4) is 5.75 Å². The number of unbranched alkanes of at least 4 members (excludes halogenated alkanes) is 5. The second-order valence-electron chi connectivity index (χ2n) is 6.71. The molecule has 1 unspecified atom stereocenters. The van der Waals surface area contributed by atoms with Crippen LogP contribution >= 0.6 is 0 Å². The minimum atomic E-state index is 0.328. The Hall–Kier alpha value is -1.13. The zero-order valence-electron chi connectivity index (χ0n) is 14.5. The summed E-state index contributed by atoms with van der Waals surface area (Å²) >= 11 is 0. The summed E-state index contributed by atoms with van der Waals surface area (Å²) in [6.07, 6.45) is 14.4. The predicted molar refractivity (Wildman–Crippen MR) is 93.9 cm³/mol. The summed E-state index contributed by atoms with van der Waals surface area (Å²) in [7, 11) is 2.18. The molecule has 4 nitrogen and oxygen atoms in total. The van der Waals surface area contributed by atoms with Crippen LogP contribution in [0.1, 0.15) is 56.9 Å². The smallest absolute Gasteiger partial charge is 0.137 e. The molecule has 1 aromatic heterocycles. The summed E-state index contributed by atoms with van der Waals surface area (Å²) < 4.78 is 5.94. The van der Waals surface area contributed by atoms with E-state index in [2.05, 4.69) is 23.0 Å². The first kappa shape index (κ1) is 18.2. The summed E-state index contributed by atoms with van der Waals surface area (Å²) in [4.78, 5) is 6.70. The fourth-order valence-corrected chi connectivity index (χ4v) is 3.21. The Morgan fingerprint density at radius 2 is 1.96 bits per heavy atom. The van der Waals surface area contributed by atoms with Gasteiger partial charge in [0.2, 0.25) is 0 Å². The first-order chi connectivity index (χ1) is 11.3. The Bertz CT molecular complexity index is 439. The molecule has 0 saturated carbocycles. The van der Waals surface area contributed by atoms with E-state index in [1.54, 1.807) is 0 Å². The molecule has 1 aliphatic rings. The van der Waals surface area contributed by atoms with Crippen molar-refractivity contribution in [3.63, 3.8) is 0 Å². The molecule has 2 rings (SSSR count). The zero-order valence-corrected chi connectivity index (χ0v) is 14.5. The van der Waals surface area contributed by atoms with Crippen molar-refractivity contribution >= 4 is 0 Å². The summed E-state index contributed by atoms with van der Waals surface area (Å²) in [5, 5.41) is 8.75. The van der Waals surface area contributed by atoms with Crippen molar-refractivity contribution in [1.29, 1.82) is 0 Å². The molecule has 0 bridgehead atoms. The quantitative estimate of drug-likeness (QED) is 0.635. The van der Waals surface area contributed by atoms with Gasteiger partial charge in [0.1, 0.15) is 12.4 Å². The first-order valence-electron chi connectivity index (χ1n) is 9.17. The predicted octanol–water partition coefficient (Wildman–Crippen LogP) is 3.43. The normalized spacial score (nSPS) is 18.4. The zero-order chi connectivity index (χ0) is 16.3. The second kappa shape index (κ2) is 10.6. The Morgan fingerprint density at radius 3 is 2.70 bits per heavy atom. The molecule has 1 fully saturated rings. The van der Waals surface area contributed by atoms with Crippen molar-refractivity contribution in [2.45, 2.75) is 63.8 Å². The summed E-state index contributed by atoms with van der Waals surface area (Å²) in [5.41, 5.74) is 1.28. The monoisotopic (exact) mass is 320 g/mol. The molecule has 23 heavy (non-hydrogen) atoms. The molecule has 130 valence electrons. The summed E-state index contributed by atoms with van der Waals surface area (Å²) in [6, 6.07) is 2.70. The number of hydrogen-bond donors (Lipinski definition) is 1. The van der Waals surface area contributed by atoms with Crippen molar-refractivity contribution in [3.05, 3.63) is 24.0 Å². The van der Waals surface area contributed by atoms with E-state index in [0.29, 0.717) is 12.6 Å². The summed E-state index contributed by atoms with van der Waals surface area (Å²) in [6.45, 7) is 2.28. The molecule has 1 atom stereocenters. The van der Waals surface area contributed by atoms with Gasteiger partial charge in [-0.25, -0.2) is 0 Å². The molecule has 0 spiro atoms. The fourth-order valence-electron chi connectivity index (χ4n) is 3.21. The van der Waals surface area contributed by atoms with Gasteiger partial charge in [-0.05, 0) is 57.3 Å². The molecule has 0 radical (unpaired) electrons. The maximum Gasteiger partial charge on any atom is 0.137 e. The van der Waals surface area contributed by atoms with Crippen LogP contribution in [-0.2, 0) is 6.42 Å². The van der Waals surface area contributed by atoms with Gasteiger partial charge in [0.25, 0.3) is 0 Å². The maximum absolute atomic E-state index is 8.75. The van der Waals surface area contributed by atoms with Gasteiger partial charge in [-0.2, -0.15) is 0 Å². The Labute approximate surface area is 140 Å². The highest BCUT2D eigenvalue weighted by Gasteiger charge is 2.21. The van der Waals surface area contributed by atoms with Gasteiger partial charge in [0, 0.05) is 18.8 Å². The van der Waals surface area contributed by atoms with Crippen LogP contribution in [0, 0.1) is 0 Å². The fraction of sp³-hybridized carbons (Fsp3) is 0.737. The number of pyridine rings is 1. The van der Waals surface area contributed by atoms with Gasteiger partial charge in [-0.15, -0.1) is 0 Å². The van der Waals surface area contributed by atoms with Crippen LogP contribution in [0.2, 0.25) is 0 Å². The Kier molecular flexibility index (Phi) is 8.40. The number of aryl methyl sites for hydroxylation is 1.